The highest BCUT2D eigenvalue weighted by Gasteiger charge is 2.14. The van der Waals surface area contributed by atoms with Gasteiger partial charge in [0.05, 0.1) is 5.69 Å². The van der Waals surface area contributed by atoms with E-state index in [4.69, 9.17) is 0 Å². The fourth-order valence-electron chi connectivity index (χ4n) is 2.65. The quantitative estimate of drug-likeness (QED) is 0.642. The molecule has 0 spiro atoms. The first kappa shape index (κ1) is 19.7. The number of aromatic nitrogens is 1. The molecule has 0 bridgehead atoms. The maximum absolute atomic E-state index is 12.9. The van der Waals surface area contributed by atoms with Crippen LogP contribution >= 0.6 is 11.3 Å². The predicted octanol–water partition coefficient (Wildman–Crippen LogP) is 3.86. The maximum atomic E-state index is 12.9. The number of aryl methyl sites for hydroxylation is 2. The lowest BCUT2D eigenvalue weighted by Crippen LogP contribution is -2.36. The number of benzene rings is 2. The Hall–Kier alpha value is -3.06. The number of hydrogen-bond donors (Lipinski definition) is 2. The van der Waals surface area contributed by atoms with E-state index in [1.54, 1.807) is 11.3 Å². The first-order valence-corrected chi connectivity index (χ1v) is 9.62. The minimum Gasteiger partial charge on any atom is -0.347 e. The van der Waals surface area contributed by atoms with E-state index in [1.807, 2.05) is 32.0 Å². The van der Waals surface area contributed by atoms with Crippen molar-refractivity contribution in [1.29, 1.82) is 0 Å². The maximum Gasteiger partial charge on any atom is 0.313 e. The van der Waals surface area contributed by atoms with Crippen LogP contribution in [-0.4, -0.2) is 23.3 Å². The van der Waals surface area contributed by atoms with Crippen LogP contribution in [0, 0.1) is 19.7 Å². The minimum absolute atomic E-state index is 0.325. The third-order valence-electron chi connectivity index (χ3n) is 4.10. The highest BCUT2D eigenvalue weighted by Crippen LogP contribution is 2.28. The van der Waals surface area contributed by atoms with E-state index in [2.05, 4.69) is 21.7 Å². The molecule has 0 saturated heterocycles. The summed E-state index contributed by atoms with van der Waals surface area (Å²) in [5.74, 6) is -1.93. The molecule has 1 aromatic heterocycles. The minimum atomic E-state index is -0.784. The molecule has 0 fully saturated rings. The topological polar surface area (TPSA) is 71.1 Å². The molecule has 2 amide bonds. The van der Waals surface area contributed by atoms with E-state index < -0.39 is 17.6 Å². The SMILES string of the molecule is Cc1cccc(-c2nc(C)c(CCNC(=O)C(=O)Nc3ccc(F)cc3)s2)c1. The molecule has 28 heavy (non-hydrogen) atoms. The van der Waals surface area contributed by atoms with Crippen LogP contribution in [0.15, 0.2) is 48.5 Å². The van der Waals surface area contributed by atoms with Gasteiger partial charge in [0, 0.05) is 29.1 Å². The van der Waals surface area contributed by atoms with Gasteiger partial charge in [-0.25, -0.2) is 9.37 Å². The highest BCUT2D eigenvalue weighted by atomic mass is 32.1. The van der Waals surface area contributed by atoms with Crippen molar-refractivity contribution in [2.24, 2.45) is 0 Å². The number of amides is 2. The molecular weight excluding hydrogens is 377 g/mol. The second-order valence-corrected chi connectivity index (χ2v) is 7.45. The van der Waals surface area contributed by atoms with E-state index >= 15 is 0 Å². The van der Waals surface area contributed by atoms with Crippen LogP contribution in [0.25, 0.3) is 10.6 Å². The van der Waals surface area contributed by atoms with Crippen LogP contribution in [0.5, 0.6) is 0 Å². The van der Waals surface area contributed by atoms with Gasteiger partial charge in [-0.3, -0.25) is 9.59 Å². The number of carbonyl (C=O) groups excluding carboxylic acids is 2. The number of anilines is 1. The zero-order valence-electron chi connectivity index (χ0n) is 15.6. The van der Waals surface area contributed by atoms with Gasteiger partial charge in [-0.15, -0.1) is 11.3 Å². The second-order valence-electron chi connectivity index (χ2n) is 6.36. The molecule has 0 aliphatic rings. The van der Waals surface area contributed by atoms with Crippen LogP contribution < -0.4 is 10.6 Å². The van der Waals surface area contributed by atoms with Gasteiger partial charge in [0.1, 0.15) is 10.8 Å². The van der Waals surface area contributed by atoms with Gasteiger partial charge in [-0.2, -0.15) is 0 Å². The molecule has 1 heterocycles. The Morgan fingerprint density at radius 3 is 2.54 bits per heavy atom. The van der Waals surface area contributed by atoms with E-state index in [9.17, 15) is 14.0 Å². The Morgan fingerprint density at radius 1 is 1.07 bits per heavy atom. The molecule has 0 aliphatic heterocycles. The lowest BCUT2D eigenvalue weighted by molar-refractivity contribution is -0.136. The fraction of sp³-hybridized carbons (Fsp3) is 0.190. The molecule has 3 aromatic rings. The monoisotopic (exact) mass is 397 g/mol. The average Bonchev–Trinajstić information content (AvgIpc) is 3.04. The number of nitrogens with one attached hydrogen (secondary N) is 2. The van der Waals surface area contributed by atoms with Gasteiger partial charge in [0.15, 0.2) is 0 Å². The van der Waals surface area contributed by atoms with E-state index in [0.29, 0.717) is 18.7 Å². The summed E-state index contributed by atoms with van der Waals surface area (Å²) in [7, 11) is 0. The Bertz CT molecular complexity index is 999. The summed E-state index contributed by atoms with van der Waals surface area (Å²) in [5, 5.41) is 5.98. The number of nitrogens with zero attached hydrogens (tertiary/aromatic N) is 1. The molecule has 7 heteroatoms. The molecule has 2 N–H and O–H groups in total. The predicted molar refractivity (Wildman–Crippen MR) is 109 cm³/mol. The van der Waals surface area contributed by atoms with Crippen LogP contribution in [0.3, 0.4) is 0 Å². The van der Waals surface area contributed by atoms with Gasteiger partial charge in [-0.05, 0) is 44.2 Å². The fourth-order valence-corrected chi connectivity index (χ4v) is 3.71. The van der Waals surface area contributed by atoms with Gasteiger partial charge < -0.3 is 10.6 Å². The zero-order chi connectivity index (χ0) is 20.1. The van der Waals surface area contributed by atoms with Crippen molar-refractivity contribution >= 4 is 28.8 Å². The van der Waals surface area contributed by atoms with Crippen molar-refractivity contribution in [3.8, 4) is 10.6 Å². The zero-order valence-corrected chi connectivity index (χ0v) is 16.4. The van der Waals surface area contributed by atoms with Crippen molar-refractivity contribution in [2.45, 2.75) is 20.3 Å². The van der Waals surface area contributed by atoms with Crippen molar-refractivity contribution < 1.29 is 14.0 Å². The summed E-state index contributed by atoms with van der Waals surface area (Å²) >= 11 is 1.59. The molecule has 0 radical (unpaired) electrons. The van der Waals surface area contributed by atoms with Crippen LogP contribution in [0.1, 0.15) is 16.1 Å². The number of carbonyl (C=O) groups is 2. The number of hydrogen-bond acceptors (Lipinski definition) is 4. The van der Waals surface area contributed by atoms with Crippen molar-refractivity contribution in [1.82, 2.24) is 10.3 Å². The summed E-state index contributed by atoms with van der Waals surface area (Å²) in [6.07, 6.45) is 0.588. The largest absolute Gasteiger partial charge is 0.347 e. The Kier molecular flexibility index (Phi) is 6.16. The molecule has 0 unspecified atom stereocenters. The summed E-state index contributed by atoms with van der Waals surface area (Å²) in [5.41, 5.74) is 3.53. The average molecular weight is 397 g/mol. The standard InChI is InChI=1S/C21H20FN3O2S/c1-13-4-3-5-15(12-13)21-24-14(2)18(28-21)10-11-23-19(26)20(27)25-17-8-6-16(22)7-9-17/h3-9,12H,10-11H2,1-2H3,(H,23,26)(H,25,27). The molecule has 3 rings (SSSR count). The molecule has 2 aromatic carbocycles. The lowest BCUT2D eigenvalue weighted by Gasteiger charge is -2.06. The van der Waals surface area contributed by atoms with E-state index in [0.717, 1.165) is 21.1 Å². The number of thiazole rings is 1. The first-order valence-electron chi connectivity index (χ1n) is 8.80. The number of rotatable bonds is 5. The van der Waals surface area contributed by atoms with Gasteiger partial charge in [0.25, 0.3) is 0 Å². The Morgan fingerprint density at radius 2 is 1.82 bits per heavy atom. The normalized spacial score (nSPS) is 10.5. The second kappa shape index (κ2) is 8.75. The molecule has 144 valence electrons. The first-order chi connectivity index (χ1) is 13.4. The number of halogens is 1. The summed E-state index contributed by atoms with van der Waals surface area (Å²) in [4.78, 5) is 29.5. The smallest absolute Gasteiger partial charge is 0.313 e. The van der Waals surface area contributed by atoms with Crippen molar-refractivity contribution in [3.05, 3.63) is 70.5 Å². The lowest BCUT2D eigenvalue weighted by atomic mass is 10.1. The van der Waals surface area contributed by atoms with Crippen molar-refractivity contribution in [3.63, 3.8) is 0 Å². The molecule has 0 saturated carbocycles. The van der Waals surface area contributed by atoms with E-state index in [-0.39, 0.29) is 0 Å². The van der Waals surface area contributed by atoms with E-state index in [1.165, 1.54) is 29.8 Å². The van der Waals surface area contributed by atoms with Crippen molar-refractivity contribution in [2.75, 3.05) is 11.9 Å². The van der Waals surface area contributed by atoms with Crippen LogP contribution in [-0.2, 0) is 16.0 Å². The summed E-state index contributed by atoms with van der Waals surface area (Å²) in [6.45, 7) is 4.30. The van der Waals surface area contributed by atoms with Gasteiger partial charge in [0.2, 0.25) is 0 Å². The van der Waals surface area contributed by atoms with Gasteiger partial charge >= 0.3 is 11.8 Å². The molecule has 5 nitrogen and oxygen atoms in total. The molecule has 0 aliphatic carbocycles. The van der Waals surface area contributed by atoms with Crippen LogP contribution in [0.4, 0.5) is 10.1 Å². The summed E-state index contributed by atoms with van der Waals surface area (Å²) in [6, 6.07) is 13.4. The highest BCUT2D eigenvalue weighted by molar-refractivity contribution is 7.15. The molecule has 0 atom stereocenters. The molecular formula is C21H20FN3O2S. The van der Waals surface area contributed by atoms with Crippen LogP contribution in [0.2, 0.25) is 0 Å². The third kappa shape index (κ3) is 5.01. The summed E-state index contributed by atoms with van der Waals surface area (Å²) < 4.78 is 12.9. The third-order valence-corrected chi connectivity index (χ3v) is 5.37. The van der Waals surface area contributed by atoms with Gasteiger partial charge in [-0.1, -0.05) is 23.8 Å². The Balaban J connectivity index is 1.54. The Labute approximate surface area is 166 Å².